The molecule has 0 aliphatic rings. The first-order chi connectivity index (χ1) is 7.84. The summed E-state index contributed by atoms with van der Waals surface area (Å²) in [5.41, 5.74) is 0.961. The Morgan fingerprint density at radius 1 is 1.31 bits per heavy atom. The van der Waals surface area contributed by atoms with Crippen molar-refractivity contribution in [3.05, 3.63) is 24.5 Å². The lowest BCUT2D eigenvalue weighted by Gasteiger charge is -1.88. The maximum atomic E-state index is 5.01. The number of aromatic nitrogens is 5. The molecule has 0 bridgehead atoms. The third kappa shape index (κ3) is 1.41. The topological polar surface area (TPSA) is 80.5 Å². The van der Waals surface area contributed by atoms with Gasteiger partial charge in [-0.25, -0.2) is 9.97 Å². The van der Waals surface area contributed by atoms with Gasteiger partial charge in [0.2, 0.25) is 0 Å². The van der Waals surface area contributed by atoms with Gasteiger partial charge < -0.3 is 4.52 Å². The van der Waals surface area contributed by atoms with E-state index in [1.54, 1.807) is 12.4 Å². The first kappa shape index (κ1) is 9.22. The van der Waals surface area contributed by atoms with E-state index in [0.29, 0.717) is 5.82 Å². The van der Waals surface area contributed by atoms with Crippen LogP contribution >= 0.6 is 11.3 Å². The molecule has 0 amide bonds. The minimum Gasteiger partial charge on any atom is -0.361 e. The maximum absolute atomic E-state index is 5.01. The van der Waals surface area contributed by atoms with Gasteiger partial charge in [0.05, 0.1) is 16.6 Å². The van der Waals surface area contributed by atoms with Crippen LogP contribution in [0.4, 0.5) is 0 Å². The van der Waals surface area contributed by atoms with Gasteiger partial charge in [0.25, 0.3) is 0 Å². The highest BCUT2D eigenvalue weighted by atomic mass is 32.1. The zero-order valence-corrected chi connectivity index (χ0v) is 9.15. The second-order valence-corrected chi connectivity index (χ2v) is 4.19. The third-order valence-electron chi connectivity index (χ3n) is 2.14. The van der Waals surface area contributed by atoms with Crippen LogP contribution < -0.4 is 0 Å². The molecule has 0 saturated carbocycles. The molecule has 0 saturated heterocycles. The Morgan fingerprint density at radius 2 is 2.25 bits per heavy atom. The molecule has 0 unspecified atom stereocenters. The van der Waals surface area contributed by atoms with E-state index in [1.165, 1.54) is 17.7 Å². The summed E-state index contributed by atoms with van der Waals surface area (Å²) in [6, 6.07) is 0. The monoisotopic (exact) mass is 233 g/mol. The second-order valence-electron chi connectivity index (χ2n) is 3.16. The van der Waals surface area contributed by atoms with Crippen LogP contribution in [0.15, 0.2) is 23.2 Å². The maximum Gasteiger partial charge on any atom is 0.184 e. The summed E-state index contributed by atoms with van der Waals surface area (Å²) in [5, 5.41) is 11.1. The molecule has 0 atom stereocenters. The van der Waals surface area contributed by atoms with Crippen molar-refractivity contribution in [1.82, 2.24) is 25.3 Å². The molecule has 0 aliphatic heterocycles. The van der Waals surface area contributed by atoms with Crippen LogP contribution in [0.3, 0.4) is 0 Å². The highest BCUT2D eigenvalue weighted by Crippen LogP contribution is 2.31. The molecule has 7 heteroatoms. The van der Waals surface area contributed by atoms with Gasteiger partial charge in [-0.15, -0.1) is 11.3 Å². The van der Waals surface area contributed by atoms with Crippen LogP contribution in [0.5, 0.6) is 0 Å². The van der Waals surface area contributed by atoms with E-state index in [4.69, 9.17) is 4.52 Å². The number of nitrogens with zero attached hydrogens (tertiary/aromatic N) is 4. The van der Waals surface area contributed by atoms with E-state index < -0.39 is 0 Å². The Balaban J connectivity index is 2.03. The molecule has 0 fully saturated rings. The highest BCUT2D eigenvalue weighted by molar-refractivity contribution is 7.18. The number of aryl methyl sites for hydroxylation is 1. The summed E-state index contributed by atoms with van der Waals surface area (Å²) in [6.07, 6.45) is 4.93. The van der Waals surface area contributed by atoms with E-state index in [0.717, 1.165) is 21.2 Å². The minimum absolute atomic E-state index is 0.672. The summed E-state index contributed by atoms with van der Waals surface area (Å²) < 4.78 is 5.01. The van der Waals surface area contributed by atoms with Crippen LogP contribution in [-0.4, -0.2) is 25.3 Å². The molecule has 1 N–H and O–H groups in total. The van der Waals surface area contributed by atoms with Crippen LogP contribution in [-0.2, 0) is 0 Å². The molecule has 3 heterocycles. The Kier molecular flexibility index (Phi) is 2.03. The van der Waals surface area contributed by atoms with Gasteiger partial charge in [-0.3, -0.25) is 5.10 Å². The zero-order valence-electron chi connectivity index (χ0n) is 8.34. The molecule has 3 aromatic rings. The number of H-pyrrole nitrogens is 1. The molecule has 3 rings (SSSR count). The Labute approximate surface area is 94.4 Å². The molecule has 0 aliphatic carbocycles. The minimum atomic E-state index is 0.672. The summed E-state index contributed by atoms with van der Waals surface area (Å²) >= 11 is 1.52. The fourth-order valence-corrected chi connectivity index (χ4v) is 2.27. The number of aromatic amines is 1. The Morgan fingerprint density at radius 3 is 2.94 bits per heavy atom. The first-order valence-electron chi connectivity index (χ1n) is 4.58. The number of hydrogen-bond donors (Lipinski definition) is 1. The predicted octanol–water partition coefficient (Wildman–Crippen LogP) is 1.89. The highest BCUT2D eigenvalue weighted by Gasteiger charge is 2.12. The largest absolute Gasteiger partial charge is 0.361 e. The lowest BCUT2D eigenvalue weighted by molar-refractivity contribution is 0.398. The SMILES string of the molecule is Cc1oncc1-c1cnc(-c2ncn[nH]2)s1. The van der Waals surface area contributed by atoms with E-state index in [9.17, 15) is 0 Å². The average molecular weight is 233 g/mol. The van der Waals surface area contributed by atoms with E-state index in [2.05, 4.69) is 25.3 Å². The Hall–Kier alpha value is -2.02. The van der Waals surface area contributed by atoms with Crippen molar-refractivity contribution >= 4 is 11.3 Å². The lowest BCUT2D eigenvalue weighted by atomic mass is 10.2. The van der Waals surface area contributed by atoms with Gasteiger partial charge in [-0.2, -0.15) is 5.10 Å². The summed E-state index contributed by atoms with van der Waals surface area (Å²) in [6.45, 7) is 1.87. The van der Waals surface area contributed by atoms with Crippen molar-refractivity contribution in [3.8, 4) is 21.3 Å². The van der Waals surface area contributed by atoms with E-state index in [-0.39, 0.29) is 0 Å². The van der Waals surface area contributed by atoms with Crippen molar-refractivity contribution in [1.29, 1.82) is 0 Å². The zero-order chi connectivity index (χ0) is 11.0. The van der Waals surface area contributed by atoms with Gasteiger partial charge in [0.1, 0.15) is 12.1 Å². The smallest absolute Gasteiger partial charge is 0.184 e. The van der Waals surface area contributed by atoms with Gasteiger partial charge in [0.15, 0.2) is 10.8 Å². The van der Waals surface area contributed by atoms with Crippen LogP contribution in [0.25, 0.3) is 21.3 Å². The van der Waals surface area contributed by atoms with Crippen molar-refractivity contribution in [2.45, 2.75) is 6.92 Å². The van der Waals surface area contributed by atoms with Crippen molar-refractivity contribution in [3.63, 3.8) is 0 Å². The molecule has 0 radical (unpaired) electrons. The van der Waals surface area contributed by atoms with Gasteiger partial charge in [0, 0.05) is 6.20 Å². The van der Waals surface area contributed by atoms with Crippen LogP contribution in [0.1, 0.15) is 5.76 Å². The molecule has 80 valence electrons. The summed E-state index contributed by atoms with van der Waals surface area (Å²) in [4.78, 5) is 9.32. The number of thiazole rings is 1. The van der Waals surface area contributed by atoms with E-state index >= 15 is 0 Å². The van der Waals surface area contributed by atoms with Crippen molar-refractivity contribution in [2.75, 3.05) is 0 Å². The molecule has 16 heavy (non-hydrogen) atoms. The van der Waals surface area contributed by atoms with Gasteiger partial charge in [-0.05, 0) is 6.92 Å². The molecule has 6 nitrogen and oxygen atoms in total. The Bertz CT molecular complexity index is 597. The van der Waals surface area contributed by atoms with Crippen molar-refractivity contribution < 1.29 is 4.52 Å². The van der Waals surface area contributed by atoms with Crippen LogP contribution in [0.2, 0.25) is 0 Å². The van der Waals surface area contributed by atoms with E-state index in [1.807, 2.05) is 6.92 Å². The normalized spacial score (nSPS) is 10.8. The molecule has 0 aromatic carbocycles. The summed E-state index contributed by atoms with van der Waals surface area (Å²) in [5.74, 6) is 1.46. The van der Waals surface area contributed by atoms with Gasteiger partial charge in [-0.1, -0.05) is 5.16 Å². The van der Waals surface area contributed by atoms with Gasteiger partial charge >= 0.3 is 0 Å². The predicted molar refractivity (Wildman–Crippen MR) is 57.7 cm³/mol. The first-order valence-corrected chi connectivity index (χ1v) is 5.39. The molecule has 3 aromatic heterocycles. The lowest BCUT2D eigenvalue weighted by Crippen LogP contribution is -1.76. The molecule has 0 spiro atoms. The fourth-order valence-electron chi connectivity index (χ4n) is 1.35. The summed E-state index contributed by atoms with van der Waals surface area (Å²) in [7, 11) is 0. The quantitative estimate of drug-likeness (QED) is 0.731. The number of hydrogen-bond acceptors (Lipinski definition) is 6. The van der Waals surface area contributed by atoms with Crippen LogP contribution in [0, 0.1) is 6.92 Å². The van der Waals surface area contributed by atoms with Crippen molar-refractivity contribution in [2.24, 2.45) is 0 Å². The average Bonchev–Trinajstić information content (AvgIpc) is 2.96. The molecular formula is C9H7N5OS. The number of rotatable bonds is 2. The second kappa shape index (κ2) is 3.53. The number of nitrogens with one attached hydrogen (secondary N) is 1. The molecular weight excluding hydrogens is 226 g/mol. The standard InChI is InChI=1S/C9H7N5OS/c1-5-6(2-13-15-5)7-3-10-9(16-7)8-11-4-12-14-8/h2-4H,1H3,(H,11,12,14). The third-order valence-corrected chi connectivity index (χ3v) is 3.18. The fraction of sp³-hybridized carbons (Fsp3) is 0.111.